The van der Waals surface area contributed by atoms with Crippen LogP contribution in [0.15, 0.2) is 24.3 Å². The monoisotopic (exact) mass is 322 g/mol. The first kappa shape index (κ1) is 15.6. The molecular formula is C12H10ClF3N2O3. The van der Waals surface area contributed by atoms with Crippen molar-refractivity contribution in [3.8, 4) is 11.6 Å². The molecule has 0 atom stereocenters. The molecule has 0 aliphatic carbocycles. The Hall–Kier alpha value is -1.77. The van der Waals surface area contributed by atoms with Crippen LogP contribution in [-0.2, 0) is 13.2 Å². The first-order chi connectivity index (χ1) is 9.70. The molecular weight excluding hydrogens is 313 g/mol. The third kappa shape index (κ3) is 3.29. The number of aliphatic hydroxyl groups is 2. The average molecular weight is 323 g/mol. The van der Waals surface area contributed by atoms with E-state index in [9.17, 15) is 23.4 Å². The molecule has 0 saturated carbocycles. The summed E-state index contributed by atoms with van der Waals surface area (Å²) in [5.74, 6) is -0.291. The summed E-state index contributed by atoms with van der Waals surface area (Å²) in [5, 5.41) is 21.9. The van der Waals surface area contributed by atoms with Gasteiger partial charge in [0.2, 0.25) is 5.88 Å². The zero-order chi connectivity index (χ0) is 15.8. The lowest BCUT2D eigenvalue weighted by Gasteiger charge is -2.11. The van der Waals surface area contributed by atoms with Gasteiger partial charge in [-0.1, -0.05) is 17.7 Å². The van der Waals surface area contributed by atoms with E-state index < -0.39 is 29.6 Å². The van der Waals surface area contributed by atoms with Crippen molar-refractivity contribution in [2.24, 2.45) is 7.05 Å². The van der Waals surface area contributed by atoms with E-state index in [0.29, 0.717) is 5.02 Å². The Bertz CT molecular complexity index is 656. The Morgan fingerprint density at radius 1 is 1.33 bits per heavy atom. The second-order valence-electron chi connectivity index (χ2n) is 4.12. The van der Waals surface area contributed by atoms with Crippen LogP contribution in [0.2, 0.25) is 5.02 Å². The van der Waals surface area contributed by atoms with E-state index in [1.807, 2.05) is 0 Å². The first-order valence-electron chi connectivity index (χ1n) is 5.64. The Balaban J connectivity index is 2.51. The summed E-state index contributed by atoms with van der Waals surface area (Å²) in [7, 11) is 1.20. The Labute approximate surface area is 122 Å². The molecule has 0 saturated heterocycles. The third-order valence-electron chi connectivity index (χ3n) is 2.57. The Morgan fingerprint density at radius 3 is 2.52 bits per heavy atom. The summed E-state index contributed by atoms with van der Waals surface area (Å²) in [6, 6.07) is 5.92. The molecule has 0 spiro atoms. The van der Waals surface area contributed by atoms with Crippen molar-refractivity contribution < 1.29 is 28.1 Å². The quantitative estimate of drug-likeness (QED) is 0.853. The molecule has 2 aromatic rings. The number of hydrogen-bond donors (Lipinski definition) is 2. The summed E-state index contributed by atoms with van der Waals surface area (Å²) in [4.78, 5) is 0. The standard InChI is InChI=1S/C12H10ClF3N2O3/c1-18-10(21-7-4-2-3-6(13)5-7)8(11(19)20)9(17-18)12(14,15)16/h2-5,11,19-20H,1H3. The van der Waals surface area contributed by atoms with Crippen LogP contribution in [0.5, 0.6) is 11.6 Å². The normalized spacial score (nSPS) is 12.0. The van der Waals surface area contributed by atoms with Gasteiger partial charge in [-0.15, -0.1) is 0 Å². The fourth-order valence-corrected chi connectivity index (χ4v) is 1.91. The van der Waals surface area contributed by atoms with Crippen molar-refractivity contribution in [3.63, 3.8) is 0 Å². The lowest BCUT2D eigenvalue weighted by molar-refractivity contribution is -0.146. The molecule has 1 aromatic carbocycles. The smallest absolute Gasteiger partial charge is 0.435 e. The fourth-order valence-electron chi connectivity index (χ4n) is 1.73. The van der Waals surface area contributed by atoms with Gasteiger partial charge < -0.3 is 14.9 Å². The molecule has 21 heavy (non-hydrogen) atoms. The minimum absolute atomic E-state index is 0.140. The first-order valence-corrected chi connectivity index (χ1v) is 6.01. The minimum Gasteiger partial charge on any atom is -0.439 e. The number of benzene rings is 1. The molecule has 2 rings (SSSR count). The SMILES string of the molecule is Cn1nc(C(F)(F)F)c(C(O)O)c1Oc1cccc(Cl)c1. The van der Waals surface area contributed by atoms with Crippen molar-refractivity contribution in [2.45, 2.75) is 12.5 Å². The lowest BCUT2D eigenvalue weighted by atomic mass is 10.2. The van der Waals surface area contributed by atoms with Gasteiger partial charge in [-0.2, -0.15) is 18.3 Å². The third-order valence-corrected chi connectivity index (χ3v) is 2.80. The largest absolute Gasteiger partial charge is 0.439 e. The molecule has 1 heterocycles. The molecule has 0 unspecified atom stereocenters. The van der Waals surface area contributed by atoms with E-state index in [-0.39, 0.29) is 5.75 Å². The lowest BCUT2D eigenvalue weighted by Crippen LogP contribution is -2.11. The highest BCUT2D eigenvalue weighted by Crippen LogP contribution is 2.39. The molecule has 9 heteroatoms. The number of nitrogens with zero attached hydrogens (tertiary/aromatic N) is 2. The van der Waals surface area contributed by atoms with Crippen molar-refractivity contribution in [2.75, 3.05) is 0 Å². The second-order valence-corrected chi connectivity index (χ2v) is 4.56. The molecule has 5 nitrogen and oxygen atoms in total. The maximum absolute atomic E-state index is 12.8. The molecule has 1 aromatic heterocycles. The van der Waals surface area contributed by atoms with Crippen molar-refractivity contribution in [1.29, 1.82) is 0 Å². The molecule has 0 aliphatic heterocycles. The van der Waals surface area contributed by atoms with Gasteiger partial charge in [0.05, 0.1) is 0 Å². The van der Waals surface area contributed by atoms with Crippen LogP contribution >= 0.6 is 11.6 Å². The van der Waals surface area contributed by atoms with E-state index in [0.717, 1.165) is 4.68 Å². The van der Waals surface area contributed by atoms with Crippen molar-refractivity contribution in [1.82, 2.24) is 9.78 Å². The highest BCUT2D eigenvalue weighted by Gasteiger charge is 2.41. The van der Waals surface area contributed by atoms with Crippen LogP contribution in [0.25, 0.3) is 0 Å². The molecule has 0 bridgehead atoms. The van der Waals surface area contributed by atoms with Crippen LogP contribution < -0.4 is 4.74 Å². The predicted octanol–water partition coefficient (Wildman–Crippen LogP) is 2.87. The maximum Gasteiger partial charge on any atom is 0.435 e. The highest BCUT2D eigenvalue weighted by atomic mass is 35.5. The van der Waals surface area contributed by atoms with Gasteiger partial charge in [-0.05, 0) is 18.2 Å². The van der Waals surface area contributed by atoms with Crippen LogP contribution in [-0.4, -0.2) is 20.0 Å². The number of aromatic nitrogens is 2. The maximum atomic E-state index is 12.8. The Kier molecular flexibility index (Phi) is 4.13. The Morgan fingerprint density at radius 2 is 2.00 bits per heavy atom. The number of ether oxygens (including phenoxy) is 1. The van der Waals surface area contributed by atoms with Gasteiger partial charge in [-0.25, -0.2) is 4.68 Å². The van der Waals surface area contributed by atoms with E-state index in [4.69, 9.17) is 16.3 Å². The molecule has 0 radical (unpaired) electrons. The van der Waals surface area contributed by atoms with E-state index in [1.165, 1.54) is 25.2 Å². The van der Waals surface area contributed by atoms with E-state index in [1.54, 1.807) is 6.07 Å². The topological polar surface area (TPSA) is 67.5 Å². The van der Waals surface area contributed by atoms with Crippen LogP contribution in [0, 0.1) is 0 Å². The molecule has 114 valence electrons. The molecule has 2 N–H and O–H groups in total. The summed E-state index contributed by atoms with van der Waals surface area (Å²) in [6.45, 7) is 0. The van der Waals surface area contributed by atoms with Gasteiger partial charge in [0.1, 0.15) is 11.3 Å². The number of halogens is 4. The number of aliphatic hydroxyl groups excluding tert-OH is 1. The number of alkyl halides is 3. The number of aryl methyl sites for hydroxylation is 1. The highest BCUT2D eigenvalue weighted by molar-refractivity contribution is 6.30. The van der Waals surface area contributed by atoms with Gasteiger partial charge in [0.15, 0.2) is 12.0 Å². The number of rotatable bonds is 3. The summed E-state index contributed by atoms with van der Waals surface area (Å²) in [6.07, 6.45) is -7.23. The van der Waals surface area contributed by atoms with Crippen LogP contribution in [0.1, 0.15) is 17.5 Å². The molecule has 0 aliphatic rings. The van der Waals surface area contributed by atoms with Gasteiger partial charge in [0, 0.05) is 12.1 Å². The van der Waals surface area contributed by atoms with E-state index in [2.05, 4.69) is 5.10 Å². The number of hydrogen-bond acceptors (Lipinski definition) is 4. The van der Waals surface area contributed by atoms with Crippen molar-refractivity contribution in [3.05, 3.63) is 40.5 Å². The molecule has 0 fully saturated rings. The van der Waals surface area contributed by atoms with E-state index >= 15 is 0 Å². The fraction of sp³-hybridized carbons (Fsp3) is 0.250. The molecule has 0 amide bonds. The van der Waals surface area contributed by atoms with Gasteiger partial charge >= 0.3 is 6.18 Å². The minimum atomic E-state index is -4.84. The van der Waals surface area contributed by atoms with Crippen molar-refractivity contribution >= 4 is 11.6 Å². The average Bonchev–Trinajstić information content (AvgIpc) is 2.67. The second kappa shape index (κ2) is 5.55. The summed E-state index contributed by atoms with van der Waals surface area (Å²) < 4.78 is 44.5. The zero-order valence-electron chi connectivity index (χ0n) is 10.6. The van der Waals surface area contributed by atoms with Gasteiger partial charge in [-0.3, -0.25) is 0 Å². The zero-order valence-corrected chi connectivity index (χ0v) is 11.4. The summed E-state index contributed by atoms with van der Waals surface area (Å²) in [5.41, 5.74) is -2.28. The van der Waals surface area contributed by atoms with Crippen LogP contribution in [0.4, 0.5) is 13.2 Å². The van der Waals surface area contributed by atoms with Gasteiger partial charge in [0.25, 0.3) is 0 Å². The summed E-state index contributed by atoms with van der Waals surface area (Å²) >= 11 is 5.75. The van der Waals surface area contributed by atoms with Crippen LogP contribution in [0.3, 0.4) is 0 Å². The predicted molar refractivity (Wildman–Crippen MR) is 66.9 cm³/mol.